The van der Waals surface area contributed by atoms with Crippen molar-refractivity contribution in [3.8, 4) is 0 Å². The van der Waals surface area contributed by atoms with E-state index in [1.54, 1.807) is 0 Å². The number of oxazole rings is 1. The van der Waals surface area contributed by atoms with Gasteiger partial charge in [0.25, 0.3) is 5.91 Å². The summed E-state index contributed by atoms with van der Waals surface area (Å²) >= 11 is 0. The lowest BCUT2D eigenvalue weighted by Gasteiger charge is -2.22. The van der Waals surface area contributed by atoms with Gasteiger partial charge in [-0.25, -0.2) is 4.98 Å². The number of hydrogen-bond acceptors (Lipinski definition) is 4. The summed E-state index contributed by atoms with van der Waals surface area (Å²) in [5.41, 5.74) is 1.55. The molecule has 4 rings (SSSR count). The zero-order chi connectivity index (χ0) is 15.6. The predicted octanol–water partition coefficient (Wildman–Crippen LogP) is 3.33. The molecule has 1 atom stereocenters. The first-order valence-corrected chi connectivity index (χ1v) is 8.23. The molecule has 0 bridgehead atoms. The third-order valence-electron chi connectivity index (χ3n) is 4.46. The fraction of sp³-hybridized carbons (Fsp3) is 0.444. The first-order chi connectivity index (χ1) is 11.3. The molecule has 0 spiro atoms. The summed E-state index contributed by atoms with van der Waals surface area (Å²) in [6.07, 6.45) is 5.23. The van der Waals surface area contributed by atoms with Crippen LogP contribution in [-0.4, -0.2) is 28.4 Å². The Kier molecular flexibility index (Phi) is 3.87. The van der Waals surface area contributed by atoms with E-state index in [4.69, 9.17) is 9.15 Å². The first kappa shape index (κ1) is 14.5. The summed E-state index contributed by atoms with van der Waals surface area (Å²) in [4.78, 5) is 19.1. The fourth-order valence-electron chi connectivity index (χ4n) is 3.10. The average molecular weight is 312 g/mol. The van der Waals surface area contributed by atoms with Gasteiger partial charge in [0.05, 0.1) is 0 Å². The van der Waals surface area contributed by atoms with Crippen LogP contribution < -0.4 is 0 Å². The Morgan fingerprint density at radius 2 is 2.04 bits per heavy atom. The lowest BCUT2D eigenvalue weighted by atomic mass is 10.1. The molecule has 1 aliphatic carbocycles. The van der Waals surface area contributed by atoms with Gasteiger partial charge in [0, 0.05) is 19.2 Å². The van der Waals surface area contributed by atoms with Gasteiger partial charge in [0.15, 0.2) is 17.8 Å². The molecule has 2 aromatic rings. The third kappa shape index (κ3) is 3.01. The van der Waals surface area contributed by atoms with Crippen molar-refractivity contribution in [1.29, 1.82) is 0 Å². The van der Waals surface area contributed by atoms with Crippen molar-refractivity contribution in [2.24, 2.45) is 0 Å². The second kappa shape index (κ2) is 6.16. The quantitative estimate of drug-likeness (QED) is 0.850. The number of ether oxygens (including phenoxy) is 1. The molecule has 5 heteroatoms. The van der Waals surface area contributed by atoms with Crippen LogP contribution in [-0.2, 0) is 11.3 Å². The van der Waals surface area contributed by atoms with Crippen molar-refractivity contribution in [3.05, 3.63) is 53.7 Å². The van der Waals surface area contributed by atoms with Crippen LogP contribution in [0.2, 0.25) is 0 Å². The number of amides is 1. The monoisotopic (exact) mass is 312 g/mol. The number of benzene rings is 1. The van der Waals surface area contributed by atoms with Crippen LogP contribution in [0.5, 0.6) is 0 Å². The molecular formula is C18H20N2O3. The van der Waals surface area contributed by atoms with Gasteiger partial charge in [-0.1, -0.05) is 30.3 Å². The number of carbonyl (C=O) groups is 1. The van der Waals surface area contributed by atoms with Gasteiger partial charge in [-0.3, -0.25) is 4.79 Å². The minimum absolute atomic E-state index is 0.0457. The highest BCUT2D eigenvalue weighted by molar-refractivity contribution is 5.93. The van der Waals surface area contributed by atoms with Crippen LogP contribution in [0.4, 0.5) is 0 Å². The molecule has 2 fully saturated rings. The van der Waals surface area contributed by atoms with E-state index in [1.807, 2.05) is 35.2 Å². The van der Waals surface area contributed by atoms with E-state index >= 15 is 0 Å². The zero-order valence-corrected chi connectivity index (χ0v) is 13.0. The van der Waals surface area contributed by atoms with Gasteiger partial charge in [-0.05, 0) is 31.2 Å². The van der Waals surface area contributed by atoms with Gasteiger partial charge < -0.3 is 14.1 Å². The van der Waals surface area contributed by atoms with Crippen molar-refractivity contribution < 1.29 is 13.9 Å². The van der Waals surface area contributed by atoms with Crippen LogP contribution in [0.15, 0.2) is 41.1 Å². The molecule has 0 N–H and O–H groups in total. The maximum Gasteiger partial charge on any atom is 0.276 e. The average Bonchev–Trinajstić information content (AvgIpc) is 3.08. The van der Waals surface area contributed by atoms with Crippen LogP contribution >= 0.6 is 0 Å². The highest BCUT2D eigenvalue weighted by atomic mass is 16.5. The molecule has 0 radical (unpaired) electrons. The van der Waals surface area contributed by atoms with E-state index in [9.17, 15) is 4.79 Å². The van der Waals surface area contributed by atoms with Crippen molar-refractivity contribution in [3.63, 3.8) is 0 Å². The van der Waals surface area contributed by atoms with Gasteiger partial charge in [-0.15, -0.1) is 0 Å². The van der Waals surface area contributed by atoms with Crippen molar-refractivity contribution in [1.82, 2.24) is 9.88 Å². The fourth-order valence-corrected chi connectivity index (χ4v) is 3.10. The van der Waals surface area contributed by atoms with Crippen molar-refractivity contribution in [2.75, 3.05) is 6.61 Å². The molecule has 2 aliphatic rings. The molecule has 1 amide bonds. The van der Waals surface area contributed by atoms with Crippen LogP contribution in [0.1, 0.15) is 53.6 Å². The molecule has 1 aliphatic heterocycles. The molecule has 0 unspecified atom stereocenters. The van der Waals surface area contributed by atoms with E-state index in [0.717, 1.165) is 37.9 Å². The van der Waals surface area contributed by atoms with Crippen molar-refractivity contribution >= 4 is 5.91 Å². The maximum absolute atomic E-state index is 13.0. The lowest BCUT2D eigenvalue weighted by Crippen LogP contribution is -2.33. The van der Waals surface area contributed by atoms with Crippen LogP contribution in [0, 0.1) is 0 Å². The summed E-state index contributed by atoms with van der Waals surface area (Å²) in [7, 11) is 0. The molecular weight excluding hydrogens is 292 g/mol. The van der Waals surface area contributed by atoms with Crippen LogP contribution in [0.25, 0.3) is 0 Å². The Hall–Kier alpha value is -2.14. The molecule has 120 valence electrons. The Bertz CT molecular complexity index is 673. The lowest BCUT2D eigenvalue weighted by molar-refractivity contribution is 0.0692. The summed E-state index contributed by atoms with van der Waals surface area (Å²) in [5.74, 6) is 0.543. The SMILES string of the molecule is O=C(c1ncoc1[C@@H]1CCCO1)N(Cc1ccccc1)C1CC1. The molecule has 1 aromatic carbocycles. The van der Waals surface area contributed by atoms with Crippen LogP contribution in [0.3, 0.4) is 0 Å². The van der Waals surface area contributed by atoms with E-state index in [2.05, 4.69) is 4.98 Å². The van der Waals surface area contributed by atoms with Gasteiger partial charge >= 0.3 is 0 Å². The molecule has 23 heavy (non-hydrogen) atoms. The topological polar surface area (TPSA) is 55.6 Å². The first-order valence-electron chi connectivity index (χ1n) is 8.23. The van der Waals surface area contributed by atoms with Gasteiger partial charge in [0.2, 0.25) is 0 Å². The largest absolute Gasteiger partial charge is 0.445 e. The van der Waals surface area contributed by atoms with Gasteiger partial charge in [0.1, 0.15) is 6.10 Å². The molecule has 1 saturated heterocycles. The minimum atomic E-state index is -0.130. The Morgan fingerprint density at radius 1 is 1.22 bits per heavy atom. The molecule has 1 saturated carbocycles. The third-order valence-corrected chi connectivity index (χ3v) is 4.46. The van der Waals surface area contributed by atoms with Gasteiger partial charge in [-0.2, -0.15) is 0 Å². The Morgan fingerprint density at radius 3 is 2.74 bits per heavy atom. The van der Waals surface area contributed by atoms with E-state index in [0.29, 0.717) is 24.0 Å². The summed E-state index contributed by atoms with van der Waals surface area (Å²) in [5, 5.41) is 0. The number of hydrogen-bond donors (Lipinski definition) is 0. The number of aromatic nitrogens is 1. The normalized spacial score (nSPS) is 20.6. The van der Waals surface area contributed by atoms with E-state index in [1.165, 1.54) is 6.39 Å². The number of rotatable bonds is 5. The minimum Gasteiger partial charge on any atom is -0.445 e. The summed E-state index contributed by atoms with van der Waals surface area (Å²) < 4.78 is 11.1. The molecule has 5 nitrogen and oxygen atoms in total. The van der Waals surface area contributed by atoms with Crippen molar-refractivity contribution in [2.45, 2.75) is 44.4 Å². The zero-order valence-electron chi connectivity index (χ0n) is 13.0. The molecule has 2 heterocycles. The van der Waals surface area contributed by atoms with E-state index in [-0.39, 0.29) is 12.0 Å². The highest BCUT2D eigenvalue weighted by Crippen LogP contribution is 2.34. The summed E-state index contributed by atoms with van der Waals surface area (Å²) in [6.45, 7) is 1.33. The standard InChI is InChI=1S/C18H20N2O3/c21-18(16-17(23-12-19-16)15-7-4-10-22-15)20(14-8-9-14)11-13-5-2-1-3-6-13/h1-3,5-6,12,14-15H,4,7-11H2/t15-/m0/s1. The number of carbonyl (C=O) groups excluding carboxylic acids is 1. The highest BCUT2D eigenvalue weighted by Gasteiger charge is 2.37. The summed E-state index contributed by atoms with van der Waals surface area (Å²) in [6, 6.07) is 10.4. The van der Waals surface area contributed by atoms with E-state index < -0.39 is 0 Å². The predicted molar refractivity (Wildman–Crippen MR) is 83.8 cm³/mol. The second-order valence-corrected chi connectivity index (χ2v) is 6.22. The number of nitrogens with zero attached hydrogens (tertiary/aromatic N) is 2. The smallest absolute Gasteiger partial charge is 0.276 e. The Balaban J connectivity index is 1.57. The second-order valence-electron chi connectivity index (χ2n) is 6.22. The maximum atomic E-state index is 13.0. The Labute approximate surface area is 135 Å². The molecule has 1 aromatic heterocycles.